The Bertz CT molecular complexity index is 466. The van der Waals surface area contributed by atoms with Gasteiger partial charge in [0.15, 0.2) is 0 Å². The summed E-state index contributed by atoms with van der Waals surface area (Å²) >= 11 is 0. The van der Waals surface area contributed by atoms with Crippen LogP contribution in [0.3, 0.4) is 0 Å². The number of carboxylic acid groups (broad SMARTS) is 1. The maximum absolute atomic E-state index is 12.0. The zero-order chi connectivity index (χ0) is 14.6. The molecular formula is C14H20N2O4. The van der Waals surface area contributed by atoms with Gasteiger partial charge in [-0.2, -0.15) is 0 Å². The first kappa shape index (κ1) is 14.4. The van der Waals surface area contributed by atoms with Crippen molar-refractivity contribution in [1.82, 2.24) is 10.2 Å². The Hall–Kier alpha value is -1.98. The van der Waals surface area contributed by atoms with Crippen LogP contribution in [0.2, 0.25) is 0 Å². The van der Waals surface area contributed by atoms with E-state index in [9.17, 15) is 9.59 Å². The Balaban J connectivity index is 1.80. The monoisotopic (exact) mass is 280 g/mol. The summed E-state index contributed by atoms with van der Waals surface area (Å²) in [6.07, 6.45) is 6.06. The fourth-order valence-corrected chi connectivity index (χ4v) is 2.54. The first-order chi connectivity index (χ1) is 9.51. The van der Waals surface area contributed by atoms with Crippen molar-refractivity contribution in [2.45, 2.75) is 32.2 Å². The molecule has 110 valence electrons. The Morgan fingerprint density at radius 3 is 2.75 bits per heavy atom. The van der Waals surface area contributed by atoms with Crippen molar-refractivity contribution in [3.05, 3.63) is 24.2 Å². The topological polar surface area (TPSA) is 82.8 Å². The van der Waals surface area contributed by atoms with Gasteiger partial charge < -0.3 is 19.7 Å². The summed E-state index contributed by atoms with van der Waals surface area (Å²) in [5.74, 6) is -0.800. The normalized spacial score (nSPS) is 16.2. The number of aliphatic carboxylic acids is 1. The van der Waals surface area contributed by atoms with Gasteiger partial charge in [0.05, 0.1) is 25.5 Å². The first-order valence-corrected chi connectivity index (χ1v) is 6.73. The molecule has 0 unspecified atom stereocenters. The second kappa shape index (κ2) is 5.98. The molecule has 6 heteroatoms. The molecule has 0 atom stereocenters. The molecule has 1 aromatic heterocycles. The molecule has 0 bridgehead atoms. The smallest absolute Gasteiger partial charge is 0.317 e. The van der Waals surface area contributed by atoms with E-state index >= 15 is 0 Å². The largest absolute Gasteiger partial charge is 0.481 e. The summed E-state index contributed by atoms with van der Waals surface area (Å²) in [6.45, 7) is 0.891. The minimum absolute atomic E-state index is 0.124. The van der Waals surface area contributed by atoms with Gasteiger partial charge >= 0.3 is 12.0 Å². The summed E-state index contributed by atoms with van der Waals surface area (Å²) in [7, 11) is 1.70. The van der Waals surface area contributed by atoms with Gasteiger partial charge in [-0.25, -0.2) is 4.79 Å². The van der Waals surface area contributed by atoms with E-state index in [-0.39, 0.29) is 17.9 Å². The van der Waals surface area contributed by atoms with E-state index in [0.29, 0.717) is 13.1 Å². The molecule has 0 saturated heterocycles. The number of carbonyl (C=O) groups excluding carboxylic acids is 1. The third-order valence-corrected chi connectivity index (χ3v) is 3.90. The third-order valence-electron chi connectivity index (χ3n) is 3.90. The van der Waals surface area contributed by atoms with Crippen molar-refractivity contribution in [2.24, 2.45) is 5.41 Å². The Morgan fingerprint density at radius 1 is 1.50 bits per heavy atom. The number of nitrogens with zero attached hydrogens (tertiary/aromatic N) is 1. The van der Waals surface area contributed by atoms with E-state index in [2.05, 4.69) is 5.32 Å². The molecule has 0 spiro atoms. The van der Waals surface area contributed by atoms with Crippen LogP contribution < -0.4 is 5.32 Å². The number of carbonyl (C=O) groups is 2. The van der Waals surface area contributed by atoms with E-state index in [0.717, 1.165) is 24.8 Å². The second-order valence-corrected chi connectivity index (χ2v) is 5.57. The minimum Gasteiger partial charge on any atom is -0.481 e. The summed E-state index contributed by atoms with van der Waals surface area (Å²) in [6, 6.07) is 1.62. The highest BCUT2D eigenvalue weighted by Gasteiger charge is 2.39. The lowest BCUT2D eigenvalue weighted by molar-refractivity contribution is -0.141. The molecule has 6 nitrogen and oxygen atoms in total. The number of nitrogens with one attached hydrogen (secondary N) is 1. The van der Waals surface area contributed by atoms with Crippen molar-refractivity contribution in [2.75, 3.05) is 13.6 Å². The van der Waals surface area contributed by atoms with Gasteiger partial charge in [-0.3, -0.25) is 4.79 Å². The number of rotatable bonds is 6. The van der Waals surface area contributed by atoms with Crippen LogP contribution in [0.15, 0.2) is 23.0 Å². The van der Waals surface area contributed by atoms with Crippen LogP contribution in [-0.4, -0.2) is 35.6 Å². The van der Waals surface area contributed by atoms with Crippen molar-refractivity contribution in [1.29, 1.82) is 0 Å². The van der Waals surface area contributed by atoms with Gasteiger partial charge in [0.2, 0.25) is 0 Å². The SMILES string of the molecule is CN(Cc1ccoc1)C(=O)NCC1(CC(=O)O)CCC1. The number of hydrogen-bond donors (Lipinski definition) is 2. The van der Waals surface area contributed by atoms with E-state index in [1.165, 1.54) is 0 Å². The lowest BCUT2D eigenvalue weighted by atomic mass is 9.66. The van der Waals surface area contributed by atoms with E-state index in [1.807, 2.05) is 6.07 Å². The molecular weight excluding hydrogens is 260 g/mol. The van der Waals surface area contributed by atoms with Gasteiger partial charge in [-0.15, -0.1) is 0 Å². The molecule has 2 N–H and O–H groups in total. The summed E-state index contributed by atoms with van der Waals surface area (Å²) in [4.78, 5) is 24.4. The predicted molar refractivity (Wildman–Crippen MR) is 72.1 cm³/mol. The summed E-state index contributed by atoms with van der Waals surface area (Å²) in [5, 5.41) is 11.8. The van der Waals surface area contributed by atoms with Crippen LogP contribution >= 0.6 is 0 Å². The lowest BCUT2D eigenvalue weighted by Crippen LogP contribution is -2.46. The first-order valence-electron chi connectivity index (χ1n) is 6.73. The summed E-state index contributed by atoms with van der Waals surface area (Å²) < 4.78 is 4.96. The minimum atomic E-state index is -0.800. The molecule has 2 rings (SSSR count). The van der Waals surface area contributed by atoms with Crippen LogP contribution in [-0.2, 0) is 11.3 Å². The van der Waals surface area contributed by atoms with Gasteiger partial charge in [-0.1, -0.05) is 6.42 Å². The van der Waals surface area contributed by atoms with Crippen LogP contribution in [0.1, 0.15) is 31.2 Å². The average molecular weight is 280 g/mol. The molecule has 1 heterocycles. The number of carboxylic acids is 1. The Kier molecular flexibility index (Phi) is 4.32. The van der Waals surface area contributed by atoms with E-state index in [4.69, 9.17) is 9.52 Å². The number of hydrogen-bond acceptors (Lipinski definition) is 3. The van der Waals surface area contributed by atoms with Crippen molar-refractivity contribution >= 4 is 12.0 Å². The van der Waals surface area contributed by atoms with Crippen molar-refractivity contribution in [3.63, 3.8) is 0 Å². The predicted octanol–water partition coefficient (Wildman–Crippen LogP) is 2.07. The maximum atomic E-state index is 12.0. The maximum Gasteiger partial charge on any atom is 0.317 e. The fourth-order valence-electron chi connectivity index (χ4n) is 2.54. The van der Waals surface area contributed by atoms with Crippen LogP contribution in [0.4, 0.5) is 4.79 Å². The molecule has 2 amide bonds. The molecule has 20 heavy (non-hydrogen) atoms. The van der Waals surface area contributed by atoms with E-state index in [1.54, 1.807) is 24.5 Å². The molecule has 1 saturated carbocycles. The molecule has 0 aliphatic heterocycles. The average Bonchev–Trinajstić information content (AvgIpc) is 2.84. The van der Waals surface area contributed by atoms with Crippen LogP contribution in [0.25, 0.3) is 0 Å². The number of furan rings is 1. The lowest BCUT2D eigenvalue weighted by Gasteiger charge is -2.41. The molecule has 1 aliphatic rings. The fraction of sp³-hybridized carbons (Fsp3) is 0.571. The highest BCUT2D eigenvalue weighted by Crippen LogP contribution is 2.43. The zero-order valence-corrected chi connectivity index (χ0v) is 11.6. The highest BCUT2D eigenvalue weighted by molar-refractivity contribution is 5.74. The van der Waals surface area contributed by atoms with Crippen molar-refractivity contribution < 1.29 is 19.1 Å². The third kappa shape index (κ3) is 3.53. The van der Waals surface area contributed by atoms with Crippen LogP contribution in [0.5, 0.6) is 0 Å². The van der Waals surface area contributed by atoms with Crippen molar-refractivity contribution in [3.8, 4) is 0 Å². The highest BCUT2D eigenvalue weighted by atomic mass is 16.4. The molecule has 0 radical (unpaired) electrons. The Labute approximate surface area is 117 Å². The quantitative estimate of drug-likeness (QED) is 0.835. The summed E-state index contributed by atoms with van der Waals surface area (Å²) in [5.41, 5.74) is 0.671. The van der Waals surface area contributed by atoms with Gasteiger partial charge in [0.25, 0.3) is 0 Å². The van der Waals surface area contributed by atoms with Gasteiger partial charge in [0.1, 0.15) is 0 Å². The molecule has 1 aromatic rings. The number of urea groups is 1. The molecule has 0 aromatic carbocycles. The second-order valence-electron chi connectivity index (χ2n) is 5.57. The zero-order valence-electron chi connectivity index (χ0n) is 11.6. The molecule has 1 aliphatic carbocycles. The van der Waals surface area contributed by atoms with Gasteiger partial charge in [0, 0.05) is 19.2 Å². The van der Waals surface area contributed by atoms with E-state index < -0.39 is 5.97 Å². The van der Waals surface area contributed by atoms with Gasteiger partial charge in [-0.05, 0) is 24.3 Å². The standard InChI is InChI=1S/C14H20N2O4/c1-16(8-11-3-6-20-9-11)13(19)15-10-14(4-2-5-14)7-12(17)18/h3,6,9H,2,4-5,7-8,10H2,1H3,(H,15,19)(H,17,18). The molecule has 1 fully saturated rings. The Morgan fingerprint density at radius 2 is 2.25 bits per heavy atom. The number of amides is 2. The van der Waals surface area contributed by atoms with Crippen LogP contribution in [0, 0.1) is 5.41 Å².